The number of hydrogen-bond donors (Lipinski definition) is 0. The van der Waals surface area contributed by atoms with Gasteiger partial charge in [-0.3, -0.25) is 0 Å². The highest BCUT2D eigenvalue weighted by molar-refractivity contribution is 9.10. The second kappa shape index (κ2) is 6.30. The second-order valence-corrected chi connectivity index (χ2v) is 6.94. The maximum absolute atomic E-state index is 4.92. The van der Waals surface area contributed by atoms with Crippen LogP contribution in [-0.2, 0) is 13.0 Å². The van der Waals surface area contributed by atoms with Gasteiger partial charge in [-0.25, -0.2) is 4.98 Å². The molecule has 1 saturated carbocycles. The number of hydrogen-bond acceptors (Lipinski definition) is 1. The lowest BCUT2D eigenvalue weighted by atomic mass is 10.0. The molecule has 0 spiro atoms. The molecule has 1 aliphatic carbocycles. The summed E-state index contributed by atoms with van der Waals surface area (Å²) >= 11 is 3.56. The third-order valence-electron chi connectivity index (χ3n) is 4.47. The Kier molecular flexibility index (Phi) is 4.45. The van der Waals surface area contributed by atoms with Crippen molar-refractivity contribution < 1.29 is 0 Å². The summed E-state index contributed by atoms with van der Waals surface area (Å²) in [5.74, 6) is 2.16. The zero-order chi connectivity index (χ0) is 13.9. The molecule has 0 amide bonds. The average Bonchev–Trinajstić information content (AvgIpc) is 3.04. The standard InChI is InChI=1S/C17H23BrN2/c1-2-3-10-20-16-9-8-14(18)12-15(16)19-17(20)11-13-6-4-5-7-13/h8-9,12-13H,2-7,10-11H2,1H3. The van der Waals surface area contributed by atoms with Crippen LogP contribution in [0.2, 0.25) is 0 Å². The molecule has 0 aliphatic heterocycles. The van der Waals surface area contributed by atoms with Crippen molar-refractivity contribution in [1.82, 2.24) is 9.55 Å². The summed E-state index contributed by atoms with van der Waals surface area (Å²) in [6.07, 6.45) is 9.23. The van der Waals surface area contributed by atoms with Crippen LogP contribution in [0, 0.1) is 5.92 Å². The Balaban J connectivity index is 1.94. The smallest absolute Gasteiger partial charge is 0.110 e. The minimum atomic E-state index is 0.857. The summed E-state index contributed by atoms with van der Waals surface area (Å²) in [6.45, 7) is 3.36. The van der Waals surface area contributed by atoms with Crippen LogP contribution in [0.4, 0.5) is 0 Å². The number of imidazole rings is 1. The molecule has 1 fully saturated rings. The van der Waals surface area contributed by atoms with Gasteiger partial charge >= 0.3 is 0 Å². The molecule has 2 aromatic rings. The van der Waals surface area contributed by atoms with E-state index in [1.54, 1.807) is 0 Å². The van der Waals surface area contributed by atoms with Crippen LogP contribution >= 0.6 is 15.9 Å². The van der Waals surface area contributed by atoms with Gasteiger partial charge in [0.1, 0.15) is 5.82 Å². The summed E-state index contributed by atoms with van der Waals surface area (Å²) in [5.41, 5.74) is 2.44. The van der Waals surface area contributed by atoms with Gasteiger partial charge in [0.25, 0.3) is 0 Å². The van der Waals surface area contributed by atoms with Crippen LogP contribution in [0.25, 0.3) is 11.0 Å². The normalized spacial score (nSPS) is 16.3. The second-order valence-electron chi connectivity index (χ2n) is 6.02. The molecule has 0 unspecified atom stereocenters. The molecule has 3 rings (SSSR count). The summed E-state index contributed by atoms with van der Waals surface area (Å²) in [5, 5.41) is 0. The Labute approximate surface area is 129 Å². The predicted octanol–water partition coefficient (Wildman–Crippen LogP) is 5.33. The lowest BCUT2D eigenvalue weighted by Gasteiger charge is -2.12. The third-order valence-corrected chi connectivity index (χ3v) is 4.96. The Morgan fingerprint density at radius 1 is 1.30 bits per heavy atom. The van der Waals surface area contributed by atoms with Crippen LogP contribution in [0.5, 0.6) is 0 Å². The lowest BCUT2D eigenvalue weighted by Crippen LogP contribution is -2.08. The van der Waals surface area contributed by atoms with E-state index in [4.69, 9.17) is 4.98 Å². The fourth-order valence-electron chi connectivity index (χ4n) is 3.35. The summed E-state index contributed by atoms with van der Waals surface area (Å²) in [7, 11) is 0. The highest BCUT2D eigenvalue weighted by atomic mass is 79.9. The van der Waals surface area contributed by atoms with Crippen molar-refractivity contribution in [2.24, 2.45) is 5.92 Å². The number of rotatable bonds is 5. The van der Waals surface area contributed by atoms with Crippen molar-refractivity contribution in [3.8, 4) is 0 Å². The van der Waals surface area contributed by atoms with E-state index in [2.05, 4.69) is 45.6 Å². The summed E-state index contributed by atoms with van der Waals surface area (Å²) < 4.78 is 3.58. The molecule has 20 heavy (non-hydrogen) atoms. The maximum atomic E-state index is 4.92. The van der Waals surface area contributed by atoms with E-state index in [9.17, 15) is 0 Å². The molecule has 2 nitrogen and oxygen atoms in total. The fraction of sp³-hybridized carbons (Fsp3) is 0.588. The summed E-state index contributed by atoms with van der Waals surface area (Å²) in [4.78, 5) is 4.92. The highest BCUT2D eigenvalue weighted by Gasteiger charge is 2.19. The van der Waals surface area contributed by atoms with Crippen molar-refractivity contribution in [1.29, 1.82) is 0 Å². The molecular formula is C17H23BrN2. The monoisotopic (exact) mass is 334 g/mol. The highest BCUT2D eigenvalue weighted by Crippen LogP contribution is 2.29. The van der Waals surface area contributed by atoms with Gasteiger partial charge in [-0.2, -0.15) is 0 Å². The predicted molar refractivity (Wildman–Crippen MR) is 88.0 cm³/mol. The first-order valence-electron chi connectivity index (χ1n) is 7.92. The molecule has 0 saturated heterocycles. The van der Waals surface area contributed by atoms with E-state index < -0.39 is 0 Å². The van der Waals surface area contributed by atoms with Gasteiger partial charge in [0.2, 0.25) is 0 Å². The van der Waals surface area contributed by atoms with E-state index in [0.717, 1.165) is 28.9 Å². The number of nitrogens with zero attached hydrogens (tertiary/aromatic N) is 2. The van der Waals surface area contributed by atoms with Gasteiger partial charge in [0.05, 0.1) is 11.0 Å². The van der Waals surface area contributed by atoms with Gasteiger partial charge < -0.3 is 4.57 Å². The molecule has 108 valence electrons. The van der Waals surface area contributed by atoms with Gasteiger partial charge in [-0.1, -0.05) is 55.0 Å². The van der Waals surface area contributed by atoms with E-state index in [1.807, 2.05) is 0 Å². The maximum Gasteiger partial charge on any atom is 0.110 e. The fourth-order valence-corrected chi connectivity index (χ4v) is 3.70. The van der Waals surface area contributed by atoms with E-state index in [-0.39, 0.29) is 0 Å². The average molecular weight is 335 g/mol. The zero-order valence-electron chi connectivity index (χ0n) is 12.2. The summed E-state index contributed by atoms with van der Waals surface area (Å²) in [6, 6.07) is 6.49. The molecular weight excluding hydrogens is 312 g/mol. The van der Waals surface area contributed by atoms with E-state index >= 15 is 0 Å². The minimum Gasteiger partial charge on any atom is -0.328 e. The molecule has 0 bridgehead atoms. The molecule has 1 heterocycles. The van der Waals surface area contributed by atoms with Crippen LogP contribution in [0.1, 0.15) is 51.3 Å². The van der Waals surface area contributed by atoms with Crippen molar-refractivity contribution in [3.63, 3.8) is 0 Å². The third kappa shape index (κ3) is 2.93. The van der Waals surface area contributed by atoms with Crippen LogP contribution in [0.3, 0.4) is 0 Å². The number of halogens is 1. The number of unbranched alkanes of at least 4 members (excludes halogenated alkanes) is 1. The van der Waals surface area contributed by atoms with Gasteiger partial charge in [0.15, 0.2) is 0 Å². The number of aromatic nitrogens is 2. The first-order chi connectivity index (χ1) is 9.78. The Morgan fingerprint density at radius 3 is 2.85 bits per heavy atom. The topological polar surface area (TPSA) is 17.8 Å². The first-order valence-corrected chi connectivity index (χ1v) is 8.72. The first kappa shape index (κ1) is 14.1. The molecule has 3 heteroatoms. The molecule has 0 radical (unpaired) electrons. The van der Waals surface area contributed by atoms with Crippen molar-refractivity contribution in [3.05, 3.63) is 28.5 Å². The zero-order valence-corrected chi connectivity index (χ0v) is 13.8. The Hall–Kier alpha value is -0.830. The Bertz CT molecular complexity index is 582. The van der Waals surface area contributed by atoms with E-state index in [1.165, 1.54) is 49.9 Å². The van der Waals surface area contributed by atoms with Gasteiger partial charge in [0, 0.05) is 17.4 Å². The van der Waals surface area contributed by atoms with Crippen molar-refractivity contribution in [2.75, 3.05) is 0 Å². The molecule has 1 aromatic heterocycles. The van der Waals surface area contributed by atoms with Gasteiger partial charge in [-0.15, -0.1) is 0 Å². The molecule has 0 atom stereocenters. The van der Waals surface area contributed by atoms with Crippen LogP contribution in [-0.4, -0.2) is 9.55 Å². The number of fused-ring (bicyclic) bond motifs is 1. The Morgan fingerprint density at radius 2 is 2.10 bits per heavy atom. The number of benzene rings is 1. The lowest BCUT2D eigenvalue weighted by molar-refractivity contribution is 0.506. The minimum absolute atomic E-state index is 0.857. The van der Waals surface area contributed by atoms with E-state index in [0.29, 0.717) is 0 Å². The molecule has 1 aromatic carbocycles. The van der Waals surface area contributed by atoms with Crippen molar-refractivity contribution >= 4 is 27.0 Å². The van der Waals surface area contributed by atoms with Crippen molar-refractivity contribution in [2.45, 2.75) is 58.4 Å². The quantitative estimate of drug-likeness (QED) is 0.722. The largest absolute Gasteiger partial charge is 0.328 e. The van der Waals surface area contributed by atoms with Crippen LogP contribution < -0.4 is 0 Å². The van der Waals surface area contributed by atoms with Gasteiger partial charge in [-0.05, 0) is 30.5 Å². The van der Waals surface area contributed by atoms with Crippen LogP contribution in [0.15, 0.2) is 22.7 Å². The molecule has 0 N–H and O–H groups in total. The number of aryl methyl sites for hydroxylation is 1. The SMILES string of the molecule is CCCCn1c(CC2CCCC2)nc2cc(Br)ccc21. The molecule has 1 aliphatic rings.